The molecule has 0 amide bonds. The smallest absolute Gasteiger partial charge is 0.136 e. The standard InChI is InChI=1S/C19H26N4/c1-3-16-10-6-7-11-17(16)22-18-14-19(21-15(2)20-18)23-12-8-4-5-9-13-23/h6-7,10-11,14H,3-5,8-9,12-13H2,1-2H3,(H,20,21,22). The highest BCUT2D eigenvalue weighted by Crippen LogP contribution is 2.24. The normalized spacial score (nSPS) is 15.3. The number of hydrogen-bond donors (Lipinski definition) is 1. The van der Waals surface area contributed by atoms with E-state index in [1.54, 1.807) is 0 Å². The first-order chi connectivity index (χ1) is 11.3. The van der Waals surface area contributed by atoms with Crippen molar-refractivity contribution in [3.63, 3.8) is 0 Å². The van der Waals surface area contributed by atoms with E-state index >= 15 is 0 Å². The van der Waals surface area contributed by atoms with Crippen molar-refractivity contribution in [2.45, 2.75) is 46.0 Å². The van der Waals surface area contributed by atoms with Crippen molar-refractivity contribution in [2.24, 2.45) is 0 Å². The molecule has 1 aromatic heterocycles. The van der Waals surface area contributed by atoms with Crippen molar-refractivity contribution < 1.29 is 0 Å². The van der Waals surface area contributed by atoms with Gasteiger partial charge in [-0.2, -0.15) is 0 Å². The molecule has 23 heavy (non-hydrogen) atoms. The van der Waals surface area contributed by atoms with Crippen molar-refractivity contribution in [1.29, 1.82) is 0 Å². The van der Waals surface area contributed by atoms with Gasteiger partial charge in [0.1, 0.15) is 17.5 Å². The number of aryl methyl sites for hydroxylation is 2. The number of hydrogen-bond acceptors (Lipinski definition) is 4. The second-order valence-corrected chi connectivity index (χ2v) is 6.20. The summed E-state index contributed by atoms with van der Waals surface area (Å²) in [4.78, 5) is 11.6. The minimum absolute atomic E-state index is 0.822. The summed E-state index contributed by atoms with van der Waals surface area (Å²) in [5, 5.41) is 3.48. The van der Waals surface area contributed by atoms with Crippen molar-refractivity contribution in [3.05, 3.63) is 41.7 Å². The molecule has 0 radical (unpaired) electrons. The van der Waals surface area contributed by atoms with Gasteiger partial charge in [-0.15, -0.1) is 0 Å². The predicted octanol–water partition coefficient (Wildman–Crippen LogP) is 4.47. The van der Waals surface area contributed by atoms with Gasteiger partial charge in [-0.1, -0.05) is 38.0 Å². The van der Waals surface area contributed by atoms with Crippen LogP contribution in [0.15, 0.2) is 30.3 Å². The maximum atomic E-state index is 4.66. The van der Waals surface area contributed by atoms with Crippen LogP contribution in [-0.2, 0) is 6.42 Å². The second kappa shape index (κ2) is 7.44. The van der Waals surface area contributed by atoms with E-state index in [0.717, 1.165) is 42.7 Å². The van der Waals surface area contributed by atoms with Gasteiger partial charge in [0.25, 0.3) is 0 Å². The Kier molecular flexibility index (Phi) is 5.11. The number of benzene rings is 1. The third-order valence-corrected chi connectivity index (χ3v) is 4.42. The van der Waals surface area contributed by atoms with Crippen LogP contribution in [0.25, 0.3) is 0 Å². The zero-order valence-corrected chi connectivity index (χ0v) is 14.2. The molecule has 0 atom stereocenters. The molecule has 2 aromatic rings. The van der Waals surface area contributed by atoms with Crippen LogP contribution in [0, 0.1) is 6.92 Å². The van der Waals surface area contributed by atoms with Crippen LogP contribution in [-0.4, -0.2) is 23.1 Å². The van der Waals surface area contributed by atoms with Crippen LogP contribution in [0.2, 0.25) is 0 Å². The lowest BCUT2D eigenvalue weighted by molar-refractivity contribution is 0.726. The summed E-state index contributed by atoms with van der Waals surface area (Å²) in [6, 6.07) is 10.5. The molecule has 1 saturated heterocycles. The summed E-state index contributed by atoms with van der Waals surface area (Å²) in [6.45, 7) is 6.34. The number of nitrogens with zero attached hydrogens (tertiary/aromatic N) is 3. The van der Waals surface area contributed by atoms with Crippen molar-refractivity contribution in [2.75, 3.05) is 23.3 Å². The highest BCUT2D eigenvalue weighted by atomic mass is 15.2. The predicted molar refractivity (Wildman–Crippen MR) is 96.6 cm³/mol. The summed E-state index contributed by atoms with van der Waals surface area (Å²) in [5.74, 6) is 2.76. The molecule has 0 saturated carbocycles. The zero-order chi connectivity index (χ0) is 16.1. The van der Waals surface area contributed by atoms with E-state index < -0.39 is 0 Å². The Hall–Kier alpha value is -2.10. The third kappa shape index (κ3) is 4.01. The van der Waals surface area contributed by atoms with Crippen molar-refractivity contribution in [3.8, 4) is 0 Å². The van der Waals surface area contributed by atoms with Gasteiger partial charge in [-0.3, -0.25) is 0 Å². The molecule has 1 N–H and O–H groups in total. The number of rotatable bonds is 4. The molecule has 1 aromatic carbocycles. The third-order valence-electron chi connectivity index (χ3n) is 4.42. The van der Waals surface area contributed by atoms with E-state index in [1.807, 2.05) is 6.92 Å². The average molecular weight is 310 g/mol. The number of aromatic nitrogens is 2. The SMILES string of the molecule is CCc1ccccc1Nc1cc(N2CCCCCC2)nc(C)n1. The Morgan fingerprint density at radius 2 is 1.78 bits per heavy atom. The van der Waals surface area contributed by atoms with Crippen molar-refractivity contribution >= 4 is 17.3 Å². The first kappa shape index (κ1) is 15.8. The molecule has 4 heteroatoms. The largest absolute Gasteiger partial charge is 0.356 e. The van der Waals surface area contributed by atoms with Crippen LogP contribution < -0.4 is 10.2 Å². The summed E-state index contributed by atoms with van der Waals surface area (Å²) >= 11 is 0. The highest BCUT2D eigenvalue weighted by molar-refractivity contribution is 5.63. The first-order valence-electron chi connectivity index (χ1n) is 8.72. The molecule has 0 aliphatic carbocycles. The molecule has 4 nitrogen and oxygen atoms in total. The van der Waals surface area contributed by atoms with E-state index in [9.17, 15) is 0 Å². The number of anilines is 3. The summed E-state index contributed by atoms with van der Waals surface area (Å²) in [6.07, 6.45) is 6.17. The minimum atomic E-state index is 0.822. The maximum absolute atomic E-state index is 4.66. The molecule has 0 unspecified atom stereocenters. The molecule has 1 fully saturated rings. The van der Waals surface area contributed by atoms with Gasteiger partial charge >= 0.3 is 0 Å². The van der Waals surface area contributed by atoms with Crippen LogP contribution in [0.5, 0.6) is 0 Å². The monoisotopic (exact) mass is 310 g/mol. The molecule has 2 heterocycles. The quantitative estimate of drug-likeness (QED) is 0.904. The van der Waals surface area contributed by atoms with Gasteiger partial charge < -0.3 is 10.2 Å². The van der Waals surface area contributed by atoms with Gasteiger partial charge in [0.05, 0.1) is 0 Å². The zero-order valence-electron chi connectivity index (χ0n) is 14.2. The minimum Gasteiger partial charge on any atom is -0.356 e. The maximum Gasteiger partial charge on any atom is 0.136 e. The van der Waals surface area contributed by atoms with E-state index in [2.05, 4.69) is 57.4 Å². The van der Waals surface area contributed by atoms with E-state index in [4.69, 9.17) is 0 Å². The molecule has 1 aliphatic rings. The summed E-state index contributed by atoms with van der Waals surface area (Å²) < 4.78 is 0. The Morgan fingerprint density at radius 3 is 2.52 bits per heavy atom. The lowest BCUT2D eigenvalue weighted by Crippen LogP contribution is -2.25. The fourth-order valence-corrected chi connectivity index (χ4v) is 3.17. The van der Waals surface area contributed by atoms with Gasteiger partial charge in [0.15, 0.2) is 0 Å². The lowest BCUT2D eigenvalue weighted by atomic mass is 10.1. The van der Waals surface area contributed by atoms with Gasteiger partial charge in [0.2, 0.25) is 0 Å². The molecule has 0 bridgehead atoms. The van der Waals surface area contributed by atoms with Gasteiger partial charge in [0, 0.05) is 24.8 Å². The number of nitrogens with one attached hydrogen (secondary N) is 1. The van der Waals surface area contributed by atoms with Crippen LogP contribution in [0.4, 0.5) is 17.3 Å². The summed E-state index contributed by atoms with van der Waals surface area (Å²) in [7, 11) is 0. The van der Waals surface area contributed by atoms with Crippen LogP contribution in [0.1, 0.15) is 44.0 Å². The fraction of sp³-hybridized carbons (Fsp3) is 0.474. The average Bonchev–Trinajstić information content (AvgIpc) is 2.84. The molecule has 122 valence electrons. The van der Waals surface area contributed by atoms with Crippen molar-refractivity contribution in [1.82, 2.24) is 9.97 Å². The lowest BCUT2D eigenvalue weighted by Gasteiger charge is -2.22. The van der Waals surface area contributed by atoms with Gasteiger partial charge in [-0.25, -0.2) is 9.97 Å². The Morgan fingerprint density at radius 1 is 1.04 bits per heavy atom. The molecule has 3 rings (SSSR count). The Balaban J connectivity index is 1.85. The second-order valence-electron chi connectivity index (χ2n) is 6.20. The molecule has 0 spiro atoms. The van der Waals surface area contributed by atoms with Gasteiger partial charge in [-0.05, 0) is 37.8 Å². The van der Waals surface area contributed by atoms with E-state index in [-0.39, 0.29) is 0 Å². The molecular formula is C19H26N4. The Labute approximate surface area is 139 Å². The molecular weight excluding hydrogens is 284 g/mol. The van der Waals surface area contributed by atoms with E-state index in [0.29, 0.717) is 0 Å². The fourth-order valence-electron chi connectivity index (χ4n) is 3.17. The first-order valence-corrected chi connectivity index (χ1v) is 8.72. The topological polar surface area (TPSA) is 41.0 Å². The van der Waals surface area contributed by atoms with Crippen LogP contribution >= 0.6 is 0 Å². The number of para-hydroxylation sites is 1. The van der Waals surface area contributed by atoms with Crippen LogP contribution in [0.3, 0.4) is 0 Å². The van der Waals surface area contributed by atoms with E-state index in [1.165, 1.54) is 31.2 Å². The Bertz CT molecular complexity index is 646. The summed E-state index contributed by atoms with van der Waals surface area (Å²) in [5.41, 5.74) is 2.44. The highest BCUT2D eigenvalue weighted by Gasteiger charge is 2.13. The molecule has 1 aliphatic heterocycles.